The van der Waals surface area contributed by atoms with Gasteiger partial charge in [-0.3, -0.25) is 4.79 Å². The van der Waals surface area contributed by atoms with E-state index in [4.69, 9.17) is 10.5 Å². The maximum Gasteiger partial charge on any atom is 0.251 e. The van der Waals surface area contributed by atoms with Crippen molar-refractivity contribution in [2.45, 2.75) is 20.3 Å². The third-order valence-electron chi connectivity index (χ3n) is 2.79. The molecule has 0 aliphatic rings. The molecule has 4 heteroatoms. The van der Waals surface area contributed by atoms with Crippen LogP contribution in [0.15, 0.2) is 18.2 Å². The van der Waals surface area contributed by atoms with Crippen molar-refractivity contribution in [1.82, 2.24) is 5.32 Å². The van der Waals surface area contributed by atoms with E-state index < -0.39 is 0 Å². The zero-order valence-electron chi connectivity index (χ0n) is 12.3. The fourth-order valence-electron chi connectivity index (χ4n) is 1.67. The van der Waals surface area contributed by atoms with Crippen molar-refractivity contribution in [3.63, 3.8) is 0 Å². The Morgan fingerprint density at radius 1 is 1.45 bits per heavy atom. The number of hydrogen-bond acceptors (Lipinski definition) is 3. The average Bonchev–Trinajstić information content (AvgIpc) is 2.44. The molecule has 0 aliphatic carbocycles. The van der Waals surface area contributed by atoms with Crippen LogP contribution in [-0.2, 0) is 0 Å². The van der Waals surface area contributed by atoms with Crippen LogP contribution in [0.3, 0.4) is 0 Å². The second-order valence-corrected chi connectivity index (χ2v) is 4.86. The van der Waals surface area contributed by atoms with Crippen LogP contribution >= 0.6 is 0 Å². The lowest BCUT2D eigenvalue weighted by molar-refractivity contribution is 0.0952. The number of carbonyl (C=O) groups is 1. The van der Waals surface area contributed by atoms with E-state index in [-0.39, 0.29) is 12.5 Å². The van der Waals surface area contributed by atoms with Crippen molar-refractivity contribution in [3.05, 3.63) is 29.3 Å². The molecule has 0 atom stereocenters. The Hall–Kier alpha value is -1.99. The molecule has 0 saturated heterocycles. The van der Waals surface area contributed by atoms with Gasteiger partial charge in [0.05, 0.1) is 19.2 Å². The van der Waals surface area contributed by atoms with Crippen molar-refractivity contribution in [2.75, 3.05) is 20.2 Å². The Balaban J connectivity index is 2.82. The Bertz CT molecular complexity index is 513. The number of carbonyl (C=O) groups excluding carboxylic acids is 1. The summed E-state index contributed by atoms with van der Waals surface area (Å²) >= 11 is 0. The van der Waals surface area contributed by atoms with Crippen molar-refractivity contribution in [2.24, 2.45) is 11.7 Å². The first-order valence-electron chi connectivity index (χ1n) is 6.73. The standard InChI is InChI=1S/C16H22N2O2/c1-12(2)8-10-18-16(19)14-6-7-15(20-3)13(11-14)5-4-9-17/h6-7,11-12H,8-10,17H2,1-3H3,(H,18,19). The SMILES string of the molecule is COc1ccc(C(=O)NCCC(C)C)cc1C#CCN. The number of benzene rings is 1. The molecule has 108 valence electrons. The molecule has 1 aromatic rings. The second kappa shape index (κ2) is 8.23. The molecule has 1 amide bonds. The van der Waals surface area contributed by atoms with Gasteiger partial charge in [-0.25, -0.2) is 0 Å². The largest absolute Gasteiger partial charge is 0.495 e. The van der Waals surface area contributed by atoms with Gasteiger partial charge >= 0.3 is 0 Å². The highest BCUT2D eigenvalue weighted by Gasteiger charge is 2.09. The summed E-state index contributed by atoms with van der Waals surface area (Å²) in [7, 11) is 1.57. The molecular weight excluding hydrogens is 252 g/mol. The van der Waals surface area contributed by atoms with E-state index in [1.54, 1.807) is 25.3 Å². The van der Waals surface area contributed by atoms with Gasteiger partial charge in [-0.1, -0.05) is 25.7 Å². The first-order chi connectivity index (χ1) is 9.58. The number of hydrogen-bond donors (Lipinski definition) is 2. The molecule has 0 bridgehead atoms. The lowest BCUT2D eigenvalue weighted by Crippen LogP contribution is -2.25. The van der Waals surface area contributed by atoms with Crippen LogP contribution in [0.5, 0.6) is 5.75 Å². The minimum atomic E-state index is -0.0934. The number of nitrogens with one attached hydrogen (secondary N) is 1. The molecule has 1 aromatic carbocycles. The molecule has 0 spiro atoms. The van der Waals surface area contributed by atoms with Gasteiger partial charge in [0, 0.05) is 12.1 Å². The van der Waals surface area contributed by atoms with Gasteiger partial charge in [-0.05, 0) is 30.5 Å². The van der Waals surface area contributed by atoms with E-state index in [2.05, 4.69) is 31.0 Å². The smallest absolute Gasteiger partial charge is 0.251 e. The van der Waals surface area contributed by atoms with Gasteiger partial charge in [-0.15, -0.1) is 0 Å². The van der Waals surface area contributed by atoms with Gasteiger partial charge in [0.1, 0.15) is 5.75 Å². The van der Waals surface area contributed by atoms with Crippen molar-refractivity contribution in [1.29, 1.82) is 0 Å². The summed E-state index contributed by atoms with van der Waals surface area (Å²) in [6.07, 6.45) is 0.960. The summed E-state index contributed by atoms with van der Waals surface area (Å²) < 4.78 is 5.21. The normalized spacial score (nSPS) is 9.85. The topological polar surface area (TPSA) is 64.3 Å². The Labute approximate surface area is 120 Å². The number of amides is 1. The first kappa shape index (κ1) is 16.1. The summed E-state index contributed by atoms with van der Waals surface area (Å²) in [5.74, 6) is 6.80. The first-order valence-corrected chi connectivity index (χ1v) is 6.73. The molecule has 0 saturated carbocycles. The summed E-state index contributed by atoms with van der Waals surface area (Å²) in [4.78, 5) is 12.0. The zero-order valence-corrected chi connectivity index (χ0v) is 12.3. The molecule has 3 N–H and O–H groups in total. The highest BCUT2D eigenvalue weighted by atomic mass is 16.5. The molecule has 0 aliphatic heterocycles. The van der Waals surface area contributed by atoms with Crippen molar-refractivity contribution >= 4 is 5.91 Å². The monoisotopic (exact) mass is 274 g/mol. The van der Waals surface area contributed by atoms with E-state index in [0.717, 1.165) is 6.42 Å². The number of rotatable bonds is 5. The molecule has 0 radical (unpaired) electrons. The van der Waals surface area contributed by atoms with Crippen LogP contribution in [0, 0.1) is 17.8 Å². The fraction of sp³-hybridized carbons (Fsp3) is 0.438. The van der Waals surface area contributed by atoms with Gasteiger partial charge in [0.2, 0.25) is 0 Å². The third kappa shape index (κ3) is 4.94. The molecule has 4 nitrogen and oxygen atoms in total. The average molecular weight is 274 g/mol. The number of methoxy groups -OCH3 is 1. The zero-order chi connectivity index (χ0) is 15.0. The van der Waals surface area contributed by atoms with Gasteiger partial charge in [0.25, 0.3) is 5.91 Å². The van der Waals surface area contributed by atoms with Gasteiger partial charge in [-0.2, -0.15) is 0 Å². The Kier molecular flexibility index (Phi) is 6.61. The summed E-state index contributed by atoms with van der Waals surface area (Å²) in [5, 5.41) is 2.90. The molecule has 20 heavy (non-hydrogen) atoms. The van der Waals surface area contributed by atoms with Crippen LogP contribution in [0.1, 0.15) is 36.2 Å². The summed E-state index contributed by atoms with van der Waals surface area (Å²) in [5.41, 5.74) is 6.62. The molecule has 0 heterocycles. The Morgan fingerprint density at radius 2 is 2.20 bits per heavy atom. The second-order valence-electron chi connectivity index (χ2n) is 4.86. The minimum absolute atomic E-state index is 0.0934. The predicted octanol–water partition coefficient (Wildman–Crippen LogP) is 1.78. The van der Waals surface area contributed by atoms with Crippen LogP contribution in [0.4, 0.5) is 0 Å². The predicted molar refractivity (Wildman–Crippen MR) is 80.7 cm³/mol. The maximum atomic E-state index is 12.0. The lowest BCUT2D eigenvalue weighted by atomic mass is 10.1. The van der Waals surface area contributed by atoms with Crippen LogP contribution in [0.25, 0.3) is 0 Å². The maximum absolute atomic E-state index is 12.0. The van der Waals surface area contributed by atoms with E-state index in [1.165, 1.54) is 0 Å². The highest BCUT2D eigenvalue weighted by molar-refractivity contribution is 5.94. The molecule has 0 unspecified atom stereocenters. The van der Waals surface area contributed by atoms with Crippen LogP contribution < -0.4 is 15.8 Å². The van der Waals surface area contributed by atoms with Crippen molar-refractivity contribution in [3.8, 4) is 17.6 Å². The van der Waals surface area contributed by atoms with E-state index in [0.29, 0.717) is 29.3 Å². The van der Waals surface area contributed by atoms with E-state index in [1.807, 2.05) is 0 Å². The lowest BCUT2D eigenvalue weighted by Gasteiger charge is -2.09. The third-order valence-corrected chi connectivity index (χ3v) is 2.79. The molecule has 0 fully saturated rings. The van der Waals surface area contributed by atoms with Crippen LogP contribution in [-0.4, -0.2) is 26.1 Å². The summed E-state index contributed by atoms with van der Waals surface area (Å²) in [6, 6.07) is 5.21. The highest BCUT2D eigenvalue weighted by Crippen LogP contribution is 2.18. The quantitative estimate of drug-likeness (QED) is 0.804. The number of ether oxygens (including phenoxy) is 1. The van der Waals surface area contributed by atoms with Gasteiger partial charge < -0.3 is 15.8 Å². The molecule has 0 aromatic heterocycles. The van der Waals surface area contributed by atoms with Gasteiger partial charge in [0.15, 0.2) is 0 Å². The number of nitrogens with two attached hydrogens (primary N) is 1. The Morgan fingerprint density at radius 3 is 2.80 bits per heavy atom. The minimum Gasteiger partial charge on any atom is -0.495 e. The summed E-state index contributed by atoms with van der Waals surface area (Å²) in [6.45, 7) is 5.19. The van der Waals surface area contributed by atoms with E-state index in [9.17, 15) is 4.79 Å². The molecule has 1 rings (SSSR count). The molecular formula is C16H22N2O2. The van der Waals surface area contributed by atoms with Crippen LogP contribution in [0.2, 0.25) is 0 Å². The fourth-order valence-corrected chi connectivity index (χ4v) is 1.67. The van der Waals surface area contributed by atoms with E-state index >= 15 is 0 Å². The van der Waals surface area contributed by atoms with Crippen molar-refractivity contribution < 1.29 is 9.53 Å².